The molecule has 1 fully saturated rings. The summed E-state index contributed by atoms with van der Waals surface area (Å²) >= 11 is 0. The lowest BCUT2D eigenvalue weighted by atomic mass is 10.2. The van der Waals surface area contributed by atoms with Gasteiger partial charge in [0.15, 0.2) is 0 Å². The van der Waals surface area contributed by atoms with Gasteiger partial charge in [-0.05, 0) is 24.8 Å². The van der Waals surface area contributed by atoms with Crippen LogP contribution in [0.2, 0.25) is 0 Å². The summed E-state index contributed by atoms with van der Waals surface area (Å²) in [5, 5.41) is 9.10. The summed E-state index contributed by atoms with van der Waals surface area (Å²) < 4.78 is 0. The highest BCUT2D eigenvalue weighted by atomic mass is 16.2. The Morgan fingerprint density at radius 1 is 1.35 bits per heavy atom. The predicted octanol–water partition coefficient (Wildman–Crippen LogP) is 0.980. The van der Waals surface area contributed by atoms with Gasteiger partial charge in [-0.25, -0.2) is 0 Å². The Hall–Kier alpha value is -2.22. The van der Waals surface area contributed by atoms with Crippen LogP contribution in [0.25, 0.3) is 0 Å². The number of hydrogen-bond acceptors (Lipinski definition) is 4. The maximum Gasteiger partial charge on any atom is 0.264 e. The van der Waals surface area contributed by atoms with Crippen molar-refractivity contribution >= 4 is 11.8 Å². The van der Waals surface area contributed by atoms with E-state index in [1.165, 1.54) is 18.5 Å². The van der Waals surface area contributed by atoms with Crippen molar-refractivity contribution in [3.8, 4) is 6.07 Å². The number of carbonyl (C=O) groups excluding carboxylic acids is 2. The molecule has 1 atom stereocenters. The first kappa shape index (κ1) is 9.97. The molecule has 3 rings (SSSR count). The average molecular weight is 227 g/mol. The van der Waals surface area contributed by atoms with E-state index in [9.17, 15) is 9.59 Å². The maximum absolute atomic E-state index is 12.1. The Balaban J connectivity index is 2.03. The van der Waals surface area contributed by atoms with Gasteiger partial charge >= 0.3 is 0 Å². The summed E-state index contributed by atoms with van der Waals surface area (Å²) in [6.07, 6.45) is 4.68. The fourth-order valence-electron chi connectivity index (χ4n) is 2.14. The summed E-state index contributed by atoms with van der Waals surface area (Å²) in [6, 6.07) is 2.97. The molecule has 5 heteroatoms. The molecule has 1 aliphatic heterocycles. The topological polar surface area (TPSA) is 74.1 Å². The summed E-state index contributed by atoms with van der Waals surface area (Å²) in [6.45, 7) is 0. The second kappa shape index (κ2) is 3.39. The normalized spacial score (nSPS) is 20.1. The van der Waals surface area contributed by atoms with Gasteiger partial charge in [0.1, 0.15) is 6.04 Å². The highest BCUT2D eigenvalue weighted by Gasteiger charge is 2.46. The third-order valence-corrected chi connectivity index (χ3v) is 3.20. The number of nitriles is 1. The number of fused-ring (bicyclic) bond motifs is 1. The lowest BCUT2D eigenvalue weighted by molar-refractivity contribution is 0.0605. The first-order valence-electron chi connectivity index (χ1n) is 5.45. The van der Waals surface area contributed by atoms with Gasteiger partial charge in [-0.2, -0.15) is 5.26 Å². The molecule has 0 aromatic carbocycles. The van der Waals surface area contributed by atoms with Gasteiger partial charge in [0.05, 0.1) is 17.2 Å². The first-order valence-corrected chi connectivity index (χ1v) is 5.45. The number of hydrogen-bond donors (Lipinski definition) is 0. The van der Waals surface area contributed by atoms with Crippen LogP contribution in [0.15, 0.2) is 18.5 Å². The van der Waals surface area contributed by atoms with Crippen LogP contribution in [0.3, 0.4) is 0 Å². The number of nitrogens with zero attached hydrogens (tertiary/aromatic N) is 3. The second-order valence-electron chi connectivity index (χ2n) is 4.31. The molecule has 1 aromatic rings. The van der Waals surface area contributed by atoms with Crippen molar-refractivity contribution in [2.75, 3.05) is 0 Å². The zero-order valence-electron chi connectivity index (χ0n) is 8.96. The van der Waals surface area contributed by atoms with Crippen molar-refractivity contribution in [3.05, 3.63) is 29.6 Å². The highest BCUT2D eigenvalue weighted by molar-refractivity contribution is 6.21. The number of imide groups is 1. The average Bonchev–Trinajstić information content (AvgIpc) is 3.15. The quantitative estimate of drug-likeness (QED) is 0.706. The largest absolute Gasteiger partial charge is 0.269 e. The van der Waals surface area contributed by atoms with Gasteiger partial charge in [0, 0.05) is 12.4 Å². The molecule has 0 radical (unpaired) electrons. The second-order valence-corrected chi connectivity index (χ2v) is 4.31. The van der Waals surface area contributed by atoms with Crippen molar-refractivity contribution in [1.82, 2.24) is 9.88 Å². The van der Waals surface area contributed by atoms with Crippen molar-refractivity contribution < 1.29 is 9.59 Å². The molecule has 5 nitrogen and oxygen atoms in total. The lowest BCUT2D eigenvalue weighted by Crippen LogP contribution is -2.40. The Bertz CT molecular complexity index is 522. The van der Waals surface area contributed by atoms with E-state index < -0.39 is 11.9 Å². The summed E-state index contributed by atoms with van der Waals surface area (Å²) in [7, 11) is 0. The predicted molar refractivity (Wildman–Crippen MR) is 56.9 cm³/mol. The Morgan fingerprint density at radius 3 is 2.65 bits per heavy atom. The molecule has 1 aromatic heterocycles. The minimum atomic E-state index is -0.623. The molecule has 2 amide bonds. The molecule has 2 aliphatic rings. The van der Waals surface area contributed by atoms with E-state index in [1.807, 2.05) is 0 Å². The van der Waals surface area contributed by atoms with Crippen LogP contribution in [0, 0.1) is 17.2 Å². The van der Waals surface area contributed by atoms with Crippen LogP contribution in [0.1, 0.15) is 33.6 Å². The lowest BCUT2D eigenvalue weighted by Gasteiger charge is -2.19. The van der Waals surface area contributed by atoms with Gasteiger partial charge in [0.2, 0.25) is 0 Å². The van der Waals surface area contributed by atoms with Gasteiger partial charge in [-0.15, -0.1) is 0 Å². The van der Waals surface area contributed by atoms with Crippen LogP contribution in [0.5, 0.6) is 0 Å². The Labute approximate surface area is 97.7 Å². The Kier molecular flexibility index (Phi) is 1.99. The van der Waals surface area contributed by atoms with Crippen molar-refractivity contribution in [2.24, 2.45) is 5.92 Å². The molecule has 0 N–H and O–H groups in total. The number of rotatable bonds is 2. The van der Waals surface area contributed by atoms with Crippen LogP contribution in [0.4, 0.5) is 0 Å². The molecule has 1 saturated carbocycles. The van der Waals surface area contributed by atoms with E-state index in [1.54, 1.807) is 0 Å². The fraction of sp³-hybridized carbons (Fsp3) is 0.333. The molecule has 17 heavy (non-hydrogen) atoms. The Morgan fingerprint density at radius 2 is 2.06 bits per heavy atom. The molecular formula is C12H9N3O2. The number of aromatic nitrogens is 1. The zero-order chi connectivity index (χ0) is 12.0. The van der Waals surface area contributed by atoms with Crippen molar-refractivity contribution in [2.45, 2.75) is 18.9 Å². The van der Waals surface area contributed by atoms with Crippen LogP contribution in [-0.2, 0) is 0 Å². The minimum absolute atomic E-state index is 0.148. The van der Waals surface area contributed by atoms with E-state index >= 15 is 0 Å². The van der Waals surface area contributed by atoms with Crippen LogP contribution < -0.4 is 0 Å². The van der Waals surface area contributed by atoms with Gasteiger partial charge in [-0.3, -0.25) is 19.5 Å². The molecule has 0 bridgehead atoms. The van der Waals surface area contributed by atoms with Gasteiger partial charge in [0.25, 0.3) is 11.8 Å². The number of pyridine rings is 1. The molecule has 84 valence electrons. The third-order valence-electron chi connectivity index (χ3n) is 3.20. The van der Waals surface area contributed by atoms with Crippen LogP contribution >= 0.6 is 0 Å². The van der Waals surface area contributed by atoms with Crippen molar-refractivity contribution in [3.63, 3.8) is 0 Å². The molecule has 1 aliphatic carbocycles. The fourth-order valence-corrected chi connectivity index (χ4v) is 2.14. The third kappa shape index (κ3) is 1.34. The molecule has 0 spiro atoms. The van der Waals surface area contributed by atoms with Gasteiger partial charge in [-0.1, -0.05) is 0 Å². The van der Waals surface area contributed by atoms with E-state index in [-0.39, 0.29) is 11.8 Å². The van der Waals surface area contributed by atoms with E-state index in [2.05, 4.69) is 11.1 Å². The SMILES string of the molecule is N#CC(C1CC1)N1C(=O)c2ccncc2C1=O. The van der Waals surface area contributed by atoms with Crippen LogP contribution in [-0.4, -0.2) is 27.7 Å². The summed E-state index contributed by atoms with van der Waals surface area (Å²) in [5.41, 5.74) is 0.657. The molecular weight excluding hydrogens is 218 g/mol. The standard InChI is InChI=1S/C12H9N3O2/c13-5-10(7-1-2-7)15-11(16)8-3-4-14-6-9(8)12(15)17/h3-4,6-7,10H,1-2H2. The summed E-state index contributed by atoms with van der Waals surface area (Å²) in [4.78, 5) is 29.0. The molecule has 0 saturated heterocycles. The van der Waals surface area contributed by atoms with E-state index in [0.29, 0.717) is 11.1 Å². The monoisotopic (exact) mass is 227 g/mol. The number of amides is 2. The molecule has 1 unspecified atom stereocenters. The summed E-state index contributed by atoms with van der Waals surface area (Å²) in [5.74, 6) is -0.613. The highest BCUT2D eigenvalue weighted by Crippen LogP contribution is 2.37. The maximum atomic E-state index is 12.1. The van der Waals surface area contributed by atoms with Gasteiger partial charge < -0.3 is 0 Å². The van der Waals surface area contributed by atoms with E-state index in [0.717, 1.165) is 17.7 Å². The smallest absolute Gasteiger partial charge is 0.264 e. The number of carbonyl (C=O) groups is 2. The molecule has 2 heterocycles. The minimum Gasteiger partial charge on any atom is -0.269 e. The van der Waals surface area contributed by atoms with Crippen molar-refractivity contribution in [1.29, 1.82) is 5.26 Å². The van der Waals surface area contributed by atoms with E-state index in [4.69, 9.17) is 5.26 Å². The zero-order valence-corrected chi connectivity index (χ0v) is 8.96. The first-order chi connectivity index (χ1) is 8.24.